The molecule has 1 aliphatic rings. The first-order valence-corrected chi connectivity index (χ1v) is 6.56. The van der Waals surface area contributed by atoms with Crippen LogP contribution in [0.2, 0.25) is 0 Å². The van der Waals surface area contributed by atoms with Crippen LogP contribution in [0.15, 0.2) is 0 Å². The van der Waals surface area contributed by atoms with Gasteiger partial charge in [0.05, 0.1) is 6.04 Å². The number of hydrogen-bond donors (Lipinski definition) is 2. The minimum absolute atomic E-state index is 0. The molecule has 17 heavy (non-hydrogen) atoms. The van der Waals surface area contributed by atoms with Crippen molar-refractivity contribution in [2.75, 3.05) is 0 Å². The van der Waals surface area contributed by atoms with Crippen molar-refractivity contribution >= 4 is 18.3 Å². The molecule has 3 N–H and O–H groups in total. The molecule has 1 rings (SSSR count). The number of carbonyl (C=O) groups is 1. The first-order valence-electron chi connectivity index (χ1n) is 6.56. The van der Waals surface area contributed by atoms with E-state index in [0.717, 1.165) is 12.3 Å². The highest BCUT2D eigenvalue weighted by molar-refractivity contribution is 5.85. The summed E-state index contributed by atoms with van der Waals surface area (Å²) in [4.78, 5) is 11.5. The van der Waals surface area contributed by atoms with Crippen LogP contribution in [0.1, 0.15) is 52.9 Å². The van der Waals surface area contributed by atoms with Gasteiger partial charge < -0.3 is 11.1 Å². The van der Waals surface area contributed by atoms with E-state index in [-0.39, 0.29) is 24.4 Å². The molecule has 2 unspecified atom stereocenters. The molecular weight excluding hydrogens is 236 g/mol. The Morgan fingerprint density at radius 1 is 1.35 bits per heavy atom. The minimum atomic E-state index is -0.383. The zero-order chi connectivity index (χ0) is 12.1. The van der Waals surface area contributed by atoms with Gasteiger partial charge in [-0.15, -0.1) is 12.4 Å². The molecule has 1 amide bonds. The first kappa shape index (κ1) is 16.7. The standard InChI is InChI=1S/C13H26N2O.ClH/c1-9(2)7-8-11-5-4-6-12(11)15-13(16)10(3)14;/h9-12H,4-8,14H2,1-3H3,(H,15,16);1H/t10-,11?,12?;/m0./s1. The zero-order valence-electron chi connectivity index (χ0n) is 11.2. The molecule has 1 saturated carbocycles. The number of halogens is 1. The van der Waals surface area contributed by atoms with Crippen LogP contribution < -0.4 is 11.1 Å². The molecule has 0 aliphatic heterocycles. The summed E-state index contributed by atoms with van der Waals surface area (Å²) >= 11 is 0. The van der Waals surface area contributed by atoms with Gasteiger partial charge in [-0.05, 0) is 38.0 Å². The third-order valence-corrected chi connectivity index (χ3v) is 3.52. The van der Waals surface area contributed by atoms with Gasteiger partial charge >= 0.3 is 0 Å². The molecule has 3 nitrogen and oxygen atoms in total. The third-order valence-electron chi connectivity index (χ3n) is 3.52. The average Bonchev–Trinajstić information content (AvgIpc) is 2.62. The molecule has 1 fully saturated rings. The third kappa shape index (κ3) is 5.73. The van der Waals surface area contributed by atoms with E-state index in [4.69, 9.17) is 5.73 Å². The van der Waals surface area contributed by atoms with Crippen LogP contribution in [-0.2, 0) is 4.79 Å². The molecule has 0 heterocycles. The predicted molar refractivity (Wildman–Crippen MR) is 74.2 cm³/mol. The van der Waals surface area contributed by atoms with E-state index in [1.807, 2.05) is 0 Å². The summed E-state index contributed by atoms with van der Waals surface area (Å²) < 4.78 is 0. The van der Waals surface area contributed by atoms with Gasteiger partial charge in [0.2, 0.25) is 5.91 Å². The summed E-state index contributed by atoms with van der Waals surface area (Å²) in [5, 5.41) is 3.09. The number of amides is 1. The Balaban J connectivity index is 0.00000256. The Kier molecular flexibility index (Phi) is 7.80. The molecule has 0 saturated heterocycles. The number of rotatable bonds is 5. The van der Waals surface area contributed by atoms with E-state index in [0.29, 0.717) is 12.0 Å². The highest BCUT2D eigenvalue weighted by Gasteiger charge is 2.28. The molecule has 1 aliphatic carbocycles. The van der Waals surface area contributed by atoms with Crippen LogP contribution in [0.5, 0.6) is 0 Å². The molecule has 102 valence electrons. The van der Waals surface area contributed by atoms with Crippen molar-refractivity contribution in [2.24, 2.45) is 17.6 Å². The Bertz CT molecular complexity index is 231. The molecule has 0 bridgehead atoms. The molecule has 0 aromatic heterocycles. The van der Waals surface area contributed by atoms with Gasteiger partial charge in [-0.1, -0.05) is 26.7 Å². The second-order valence-corrected chi connectivity index (χ2v) is 5.57. The summed E-state index contributed by atoms with van der Waals surface area (Å²) in [6.07, 6.45) is 6.13. The fourth-order valence-corrected chi connectivity index (χ4v) is 2.43. The average molecular weight is 263 g/mol. The normalized spacial score (nSPS) is 25.5. The fourth-order valence-electron chi connectivity index (χ4n) is 2.43. The van der Waals surface area contributed by atoms with Crippen LogP contribution in [-0.4, -0.2) is 18.0 Å². The van der Waals surface area contributed by atoms with Crippen LogP contribution >= 0.6 is 12.4 Å². The summed E-state index contributed by atoms with van der Waals surface area (Å²) in [6.45, 7) is 6.25. The number of hydrogen-bond acceptors (Lipinski definition) is 2. The van der Waals surface area contributed by atoms with Crippen molar-refractivity contribution in [3.05, 3.63) is 0 Å². The molecule has 0 spiro atoms. The maximum absolute atomic E-state index is 11.5. The van der Waals surface area contributed by atoms with E-state index in [1.165, 1.54) is 25.7 Å². The Hall–Kier alpha value is -0.280. The molecule has 0 radical (unpaired) electrons. The maximum atomic E-state index is 11.5. The lowest BCUT2D eigenvalue weighted by Crippen LogP contribution is -2.45. The summed E-state index contributed by atoms with van der Waals surface area (Å²) in [6, 6.07) is -0.0106. The van der Waals surface area contributed by atoms with Crippen molar-refractivity contribution in [3.63, 3.8) is 0 Å². The number of nitrogens with one attached hydrogen (secondary N) is 1. The van der Waals surface area contributed by atoms with Crippen molar-refractivity contribution in [1.29, 1.82) is 0 Å². The minimum Gasteiger partial charge on any atom is -0.352 e. The summed E-state index contributed by atoms with van der Waals surface area (Å²) in [5.74, 6) is 1.43. The lowest BCUT2D eigenvalue weighted by Gasteiger charge is -2.22. The van der Waals surface area contributed by atoms with Gasteiger partial charge in [0.15, 0.2) is 0 Å². The van der Waals surface area contributed by atoms with Crippen molar-refractivity contribution in [2.45, 2.75) is 65.0 Å². The van der Waals surface area contributed by atoms with Gasteiger partial charge in [0.25, 0.3) is 0 Å². The van der Waals surface area contributed by atoms with E-state index < -0.39 is 0 Å². The predicted octanol–water partition coefficient (Wildman–Crippen LogP) is 2.48. The second-order valence-electron chi connectivity index (χ2n) is 5.57. The molecule has 4 heteroatoms. The topological polar surface area (TPSA) is 55.1 Å². The lowest BCUT2D eigenvalue weighted by atomic mass is 9.93. The van der Waals surface area contributed by atoms with Crippen molar-refractivity contribution in [3.8, 4) is 0 Å². The monoisotopic (exact) mass is 262 g/mol. The molecular formula is C13H27ClN2O. The first-order chi connectivity index (χ1) is 7.50. The Morgan fingerprint density at radius 3 is 2.53 bits per heavy atom. The van der Waals surface area contributed by atoms with Crippen LogP contribution in [0, 0.1) is 11.8 Å². The highest BCUT2D eigenvalue weighted by Crippen LogP contribution is 2.30. The van der Waals surface area contributed by atoms with Gasteiger partial charge in [-0.25, -0.2) is 0 Å². The van der Waals surface area contributed by atoms with Crippen molar-refractivity contribution < 1.29 is 4.79 Å². The Morgan fingerprint density at radius 2 is 2.00 bits per heavy atom. The van der Waals surface area contributed by atoms with Gasteiger partial charge in [0.1, 0.15) is 0 Å². The quantitative estimate of drug-likeness (QED) is 0.800. The van der Waals surface area contributed by atoms with Gasteiger partial charge in [0, 0.05) is 6.04 Å². The molecule has 0 aromatic carbocycles. The van der Waals surface area contributed by atoms with Crippen molar-refractivity contribution in [1.82, 2.24) is 5.32 Å². The lowest BCUT2D eigenvalue weighted by molar-refractivity contribution is -0.122. The number of nitrogens with two attached hydrogens (primary N) is 1. The highest BCUT2D eigenvalue weighted by atomic mass is 35.5. The van der Waals surface area contributed by atoms with E-state index in [9.17, 15) is 4.79 Å². The number of carbonyl (C=O) groups excluding carboxylic acids is 1. The van der Waals surface area contributed by atoms with Gasteiger partial charge in [-0.2, -0.15) is 0 Å². The smallest absolute Gasteiger partial charge is 0.236 e. The fraction of sp³-hybridized carbons (Fsp3) is 0.923. The zero-order valence-corrected chi connectivity index (χ0v) is 12.1. The summed E-state index contributed by atoms with van der Waals surface area (Å²) in [5.41, 5.74) is 5.57. The Labute approximate surface area is 111 Å². The van der Waals surface area contributed by atoms with E-state index in [2.05, 4.69) is 19.2 Å². The van der Waals surface area contributed by atoms with E-state index >= 15 is 0 Å². The summed E-state index contributed by atoms with van der Waals surface area (Å²) in [7, 11) is 0. The second kappa shape index (κ2) is 7.93. The van der Waals surface area contributed by atoms with Crippen LogP contribution in [0.3, 0.4) is 0 Å². The van der Waals surface area contributed by atoms with E-state index in [1.54, 1.807) is 6.92 Å². The largest absolute Gasteiger partial charge is 0.352 e. The molecule has 0 aromatic rings. The van der Waals surface area contributed by atoms with Crippen LogP contribution in [0.4, 0.5) is 0 Å². The van der Waals surface area contributed by atoms with Gasteiger partial charge in [-0.3, -0.25) is 4.79 Å². The van der Waals surface area contributed by atoms with Crippen LogP contribution in [0.25, 0.3) is 0 Å². The maximum Gasteiger partial charge on any atom is 0.236 e. The SMILES string of the molecule is CC(C)CCC1CCCC1NC(=O)[C@H](C)N.Cl. The molecule has 3 atom stereocenters.